The van der Waals surface area contributed by atoms with Crippen LogP contribution in [0, 0.1) is 0 Å². The summed E-state index contributed by atoms with van der Waals surface area (Å²) in [6.07, 6.45) is 0. The Morgan fingerprint density at radius 3 is 1.52 bits per heavy atom. The van der Waals surface area contributed by atoms with Crippen molar-refractivity contribution in [2.45, 2.75) is 0 Å². The van der Waals surface area contributed by atoms with Gasteiger partial charge in [-0.1, -0.05) is 23.2 Å². The quantitative estimate of drug-likeness (QED) is 0.256. The molecule has 0 unspecified atom stereocenters. The highest BCUT2D eigenvalue weighted by molar-refractivity contribution is 7.29. The van der Waals surface area contributed by atoms with Crippen molar-refractivity contribution in [2.24, 2.45) is 0 Å². The zero-order valence-electron chi connectivity index (χ0n) is 14.2. The van der Waals surface area contributed by atoms with E-state index in [2.05, 4.69) is 5.32 Å². The topological polar surface area (TPSA) is 46.2 Å². The molecule has 5 heterocycles. The first kappa shape index (κ1) is 18.1. The number of carbonyl (C=O) groups excluding carboxylic acids is 2. The van der Waals surface area contributed by atoms with Gasteiger partial charge < -0.3 is 0 Å². The van der Waals surface area contributed by atoms with Crippen LogP contribution in [0.3, 0.4) is 0 Å². The molecule has 3 nitrogen and oxygen atoms in total. The fourth-order valence-corrected chi connectivity index (χ4v) is 8.64. The van der Waals surface area contributed by atoms with Crippen LogP contribution in [0.1, 0.15) is 20.7 Å². The number of halogens is 2. The Morgan fingerprint density at radius 1 is 0.655 bits per heavy atom. The second-order valence-corrected chi connectivity index (χ2v) is 11.2. The summed E-state index contributed by atoms with van der Waals surface area (Å²) in [5, 5.41) is 7.07. The van der Waals surface area contributed by atoms with Gasteiger partial charge in [-0.25, -0.2) is 0 Å². The fourth-order valence-electron chi connectivity index (χ4n) is 3.61. The van der Waals surface area contributed by atoms with Gasteiger partial charge in [0.15, 0.2) is 0 Å². The molecule has 0 saturated carbocycles. The van der Waals surface area contributed by atoms with Crippen LogP contribution < -0.4 is 5.32 Å². The normalized spacial score (nSPS) is 13.6. The third-order valence-corrected chi connectivity index (χ3v) is 9.91. The van der Waals surface area contributed by atoms with Crippen molar-refractivity contribution in [3.63, 3.8) is 0 Å². The highest BCUT2D eigenvalue weighted by Gasteiger charge is 2.37. The zero-order chi connectivity index (χ0) is 19.9. The van der Waals surface area contributed by atoms with Crippen LogP contribution in [0.15, 0.2) is 35.0 Å². The van der Waals surface area contributed by atoms with Crippen molar-refractivity contribution in [1.29, 1.82) is 0 Å². The van der Waals surface area contributed by atoms with Crippen LogP contribution in [0.4, 0.5) is 0 Å². The first-order chi connectivity index (χ1) is 14.0. The van der Waals surface area contributed by atoms with Gasteiger partial charge in [0, 0.05) is 39.7 Å². The van der Waals surface area contributed by atoms with E-state index in [9.17, 15) is 9.59 Å². The van der Waals surface area contributed by atoms with E-state index in [-0.39, 0.29) is 0 Å². The van der Waals surface area contributed by atoms with E-state index in [0.717, 1.165) is 28.6 Å². The van der Waals surface area contributed by atoms with E-state index in [4.69, 9.17) is 23.2 Å². The summed E-state index contributed by atoms with van der Waals surface area (Å²) in [7, 11) is 0. The molecule has 142 valence electrons. The minimum Gasteiger partial charge on any atom is -0.288 e. The van der Waals surface area contributed by atoms with Crippen LogP contribution in [-0.4, -0.2) is 11.8 Å². The lowest BCUT2D eigenvalue weighted by Gasteiger charge is -2.14. The van der Waals surface area contributed by atoms with E-state index < -0.39 is 11.8 Å². The lowest BCUT2D eigenvalue weighted by molar-refractivity contribution is 0.0880. The smallest absolute Gasteiger partial charge is 0.259 e. The van der Waals surface area contributed by atoms with E-state index >= 15 is 0 Å². The summed E-state index contributed by atoms with van der Waals surface area (Å²) in [4.78, 5) is 27.2. The molecule has 1 aromatic carbocycles. The third-order valence-electron chi connectivity index (χ3n) is 4.83. The van der Waals surface area contributed by atoms with Gasteiger partial charge in [-0.3, -0.25) is 14.9 Å². The molecule has 2 amide bonds. The average molecular weight is 492 g/mol. The van der Waals surface area contributed by atoms with E-state index in [1.54, 1.807) is 22.7 Å². The van der Waals surface area contributed by atoms with Crippen molar-refractivity contribution in [2.75, 3.05) is 0 Å². The van der Waals surface area contributed by atoms with Gasteiger partial charge in [0.05, 0.1) is 21.2 Å². The molecule has 0 saturated heterocycles. The van der Waals surface area contributed by atoms with Crippen molar-refractivity contribution < 1.29 is 9.59 Å². The highest BCUT2D eigenvalue weighted by atomic mass is 35.5. The predicted molar refractivity (Wildman–Crippen MR) is 126 cm³/mol. The molecule has 0 fully saturated rings. The van der Waals surface area contributed by atoms with Crippen LogP contribution in [0.2, 0.25) is 10.0 Å². The lowest BCUT2D eigenvalue weighted by atomic mass is 9.95. The molecular weight excluding hydrogens is 485 g/mol. The van der Waals surface area contributed by atoms with Crippen LogP contribution >= 0.6 is 68.5 Å². The van der Waals surface area contributed by atoms with Crippen molar-refractivity contribution in [1.82, 2.24) is 5.32 Å². The molecule has 4 aromatic heterocycles. The van der Waals surface area contributed by atoms with Gasteiger partial charge in [0.1, 0.15) is 0 Å². The molecule has 0 bridgehead atoms. The third kappa shape index (κ3) is 2.52. The Bertz CT molecular complexity index is 1340. The van der Waals surface area contributed by atoms with Crippen LogP contribution in [-0.2, 0) is 0 Å². The molecule has 0 aliphatic carbocycles. The molecule has 1 aliphatic rings. The second-order valence-electron chi connectivity index (χ2n) is 6.43. The first-order valence-electron chi connectivity index (χ1n) is 8.38. The molecule has 0 atom stereocenters. The number of hydrogen-bond donors (Lipinski definition) is 1. The van der Waals surface area contributed by atoms with E-state index in [1.165, 1.54) is 22.7 Å². The summed E-state index contributed by atoms with van der Waals surface area (Å²) < 4.78 is 4.44. The molecule has 6 rings (SSSR count). The molecule has 0 radical (unpaired) electrons. The van der Waals surface area contributed by atoms with E-state index in [1.807, 2.05) is 35.0 Å². The number of nitrogens with one attached hydrogen (secondary N) is 1. The number of fused-ring (bicyclic) bond motifs is 3. The maximum atomic E-state index is 12.8. The number of thiophene rings is 4. The SMILES string of the molecule is O=C1NC(=O)c2c1c(-c1cc3sccc3s1)c(Cl)c(Cl)c2-c1cc2sccc2s1. The Kier molecular flexibility index (Phi) is 3.97. The minimum atomic E-state index is -0.435. The monoisotopic (exact) mass is 491 g/mol. The highest BCUT2D eigenvalue weighted by Crippen LogP contribution is 2.51. The summed E-state index contributed by atoms with van der Waals surface area (Å²) in [6.45, 7) is 0. The van der Waals surface area contributed by atoms with Gasteiger partial charge in [-0.05, 0) is 35.0 Å². The minimum absolute atomic E-state index is 0.302. The first-order valence-corrected chi connectivity index (χ1v) is 12.5. The lowest BCUT2D eigenvalue weighted by Crippen LogP contribution is -2.20. The summed E-state index contributed by atoms with van der Waals surface area (Å²) in [5.41, 5.74) is 1.69. The Hall–Kier alpha value is -1.74. The maximum absolute atomic E-state index is 12.8. The molecule has 1 aliphatic heterocycles. The molecule has 0 spiro atoms. The summed E-state index contributed by atoms with van der Waals surface area (Å²) >= 11 is 19.8. The fraction of sp³-hybridized carbons (Fsp3) is 0. The molecule has 1 N–H and O–H groups in total. The van der Waals surface area contributed by atoms with Gasteiger partial charge in [0.2, 0.25) is 0 Å². The Morgan fingerprint density at radius 2 is 1.10 bits per heavy atom. The number of benzene rings is 1. The number of rotatable bonds is 2. The van der Waals surface area contributed by atoms with Crippen LogP contribution in [0.5, 0.6) is 0 Å². The Labute approximate surface area is 190 Å². The van der Waals surface area contributed by atoms with Crippen molar-refractivity contribution in [3.8, 4) is 20.9 Å². The van der Waals surface area contributed by atoms with Gasteiger partial charge in [-0.2, -0.15) is 0 Å². The maximum Gasteiger partial charge on any atom is 0.259 e. The summed E-state index contributed by atoms with van der Waals surface area (Å²) in [6, 6.07) is 8.06. The molecular formula is C20H7Cl2NO2S4. The Balaban J connectivity index is 1.70. The number of carbonyl (C=O) groups is 2. The second kappa shape index (κ2) is 6.38. The van der Waals surface area contributed by atoms with Gasteiger partial charge >= 0.3 is 0 Å². The van der Waals surface area contributed by atoms with Gasteiger partial charge in [0.25, 0.3) is 11.8 Å². The average Bonchev–Trinajstić information content (AvgIpc) is 3.44. The molecule has 29 heavy (non-hydrogen) atoms. The summed E-state index contributed by atoms with van der Waals surface area (Å²) in [5.74, 6) is -0.870. The van der Waals surface area contributed by atoms with E-state index in [0.29, 0.717) is 32.3 Å². The van der Waals surface area contributed by atoms with Gasteiger partial charge in [-0.15, -0.1) is 45.3 Å². The number of amides is 2. The number of hydrogen-bond acceptors (Lipinski definition) is 6. The largest absolute Gasteiger partial charge is 0.288 e. The molecule has 9 heteroatoms. The van der Waals surface area contributed by atoms with Crippen molar-refractivity contribution >= 4 is 99.2 Å². The zero-order valence-corrected chi connectivity index (χ0v) is 18.9. The number of imide groups is 1. The van der Waals surface area contributed by atoms with Crippen LogP contribution in [0.25, 0.3) is 39.7 Å². The predicted octanol–water partition coefficient (Wildman–Crippen LogP) is 7.76. The molecule has 5 aromatic rings. The standard InChI is InChI=1S/C20H7Cl2NO2S4/c21-17-13(11-5-9-7(28-11)1-3-26-9)15-16(20(25)23-19(15)24)14(18(17)22)12-6-10-8(29-12)2-4-27-10/h1-6H,(H,23,24,25). The van der Waals surface area contributed by atoms with Crippen molar-refractivity contribution in [3.05, 3.63) is 56.2 Å².